The molecule has 0 spiro atoms. The smallest absolute Gasteiger partial charge is 0.134 e. The molecule has 2 aliphatic heterocycles. The van der Waals surface area contributed by atoms with Gasteiger partial charge in [0, 0.05) is 45.4 Å². The van der Waals surface area contributed by atoms with Crippen LogP contribution in [0.1, 0.15) is 24.4 Å². The number of anilines is 2. The summed E-state index contributed by atoms with van der Waals surface area (Å²) in [6.07, 6.45) is 3.68. The fourth-order valence-electron chi connectivity index (χ4n) is 4.30. The Kier molecular flexibility index (Phi) is 7.09. The molecular weight excluding hydrogens is 385 g/mol. The largest absolute Gasteiger partial charge is 0.396 e. The van der Waals surface area contributed by atoms with Gasteiger partial charge in [-0.2, -0.15) is 0 Å². The van der Waals surface area contributed by atoms with Crippen LogP contribution < -0.4 is 10.2 Å². The number of halogens is 1. The number of aromatic nitrogens is 2. The number of morpholine rings is 1. The number of aliphatic hydroxyl groups is 1. The minimum Gasteiger partial charge on any atom is -0.396 e. The number of nitrogens with zero attached hydrogens (tertiary/aromatic N) is 4. The van der Waals surface area contributed by atoms with Crippen LogP contribution in [0.15, 0.2) is 36.7 Å². The monoisotopic (exact) mass is 415 g/mol. The van der Waals surface area contributed by atoms with E-state index < -0.39 is 0 Å². The van der Waals surface area contributed by atoms with Crippen LogP contribution in [0.4, 0.5) is 16.0 Å². The summed E-state index contributed by atoms with van der Waals surface area (Å²) < 4.78 is 19.4. The van der Waals surface area contributed by atoms with Crippen LogP contribution in [0.25, 0.3) is 0 Å². The van der Waals surface area contributed by atoms with Gasteiger partial charge in [0.1, 0.15) is 23.8 Å². The predicted octanol–water partition coefficient (Wildman–Crippen LogP) is 2.31. The number of rotatable bonds is 7. The van der Waals surface area contributed by atoms with E-state index in [0.717, 1.165) is 56.2 Å². The lowest BCUT2D eigenvalue weighted by atomic mass is 9.99. The van der Waals surface area contributed by atoms with Crippen LogP contribution in [-0.2, 0) is 4.74 Å². The summed E-state index contributed by atoms with van der Waals surface area (Å²) in [5, 5.41) is 12.9. The summed E-state index contributed by atoms with van der Waals surface area (Å²) in [6.45, 7) is 5.57. The molecule has 2 fully saturated rings. The van der Waals surface area contributed by atoms with Crippen molar-refractivity contribution in [3.8, 4) is 0 Å². The maximum absolute atomic E-state index is 13.9. The summed E-state index contributed by atoms with van der Waals surface area (Å²) in [6, 6.07) is 8.80. The summed E-state index contributed by atoms with van der Waals surface area (Å²) >= 11 is 0. The molecule has 30 heavy (non-hydrogen) atoms. The lowest BCUT2D eigenvalue weighted by Crippen LogP contribution is -2.41. The molecule has 8 heteroatoms. The molecule has 2 aromatic rings. The quantitative estimate of drug-likeness (QED) is 0.719. The molecule has 0 aliphatic carbocycles. The molecule has 0 amide bonds. The Hall–Kier alpha value is -2.29. The van der Waals surface area contributed by atoms with Gasteiger partial charge in [0.2, 0.25) is 0 Å². The van der Waals surface area contributed by atoms with E-state index in [1.54, 1.807) is 18.5 Å². The normalized spacial score (nSPS) is 21.4. The SMILES string of the molecule is OCC1CCCN(c2cc(NCC(c3cccc(F)c3)N3CCOCC3)ncn2)C1. The van der Waals surface area contributed by atoms with Crippen LogP contribution in [-0.4, -0.2) is 72.5 Å². The van der Waals surface area contributed by atoms with Crippen molar-refractivity contribution in [3.05, 3.63) is 48.0 Å². The Balaban J connectivity index is 1.46. The second-order valence-electron chi connectivity index (χ2n) is 8.00. The molecule has 4 rings (SSSR count). The van der Waals surface area contributed by atoms with Gasteiger partial charge in [-0.15, -0.1) is 0 Å². The van der Waals surface area contributed by atoms with Gasteiger partial charge >= 0.3 is 0 Å². The van der Waals surface area contributed by atoms with Crippen molar-refractivity contribution >= 4 is 11.6 Å². The van der Waals surface area contributed by atoms with E-state index in [1.807, 2.05) is 12.1 Å². The highest BCUT2D eigenvalue weighted by atomic mass is 19.1. The minimum atomic E-state index is -0.224. The van der Waals surface area contributed by atoms with Crippen molar-refractivity contribution in [2.75, 3.05) is 62.8 Å². The Labute approximate surface area is 176 Å². The van der Waals surface area contributed by atoms with Crippen LogP contribution in [0.5, 0.6) is 0 Å². The number of aliphatic hydroxyl groups excluding tert-OH is 1. The van der Waals surface area contributed by atoms with E-state index in [-0.39, 0.29) is 18.5 Å². The molecule has 0 saturated carbocycles. The first kappa shape index (κ1) is 21.0. The maximum atomic E-state index is 13.9. The van der Waals surface area contributed by atoms with E-state index in [9.17, 15) is 9.50 Å². The molecule has 2 atom stereocenters. The van der Waals surface area contributed by atoms with Crippen LogP contribution in [0, 0.1) is 11.7 Å². The first-order valence-electron chi connectivity index (χ1n) is 10.7. The molecule has 1 aromatic heterocycles. The Morgan fingerprint density at radius 3 is 2.87 bits per heavy atom. The Morgan fingerprint density at radius 2 is 2.07 bits per heavy atom. The van der Waals surface area contributed by atoms with Gasteiger partial charge in [-0.1, -0.05) is 12.1 Å². The van der Waals surface area contributed by atoms with Gasteiger partial charge in [0.25, 0.3) is 0 Å². The zero-order chi connectivity index (χ0) is 20.8. The fourth-order valence-corrected chi connectivity index (χ4v) is 4.30. The molecule has 0 radical (unpaired) electrons. The van der Waals surface area contributed by atoms with Crippen LogP contribution in [0.2, 0.25) is 0 Å². The molecule has 2 saturated heterocycles. The van der Waals surface area contributed by atoms with Crippen LogP contribution >= 0.6 is 0 Å². The van der Waals surface area contributed by atoms with Crippen molar-refractivity contribution in [1.82, 2.24) is 14.9 Å². The predicted molar refractivity (Wildman–Crippen MR) is 114 cm³/mol. The Morgan fingerprint density at radius 1 is 1.20 bits per heavy atom. The zero-order valence-corrected chi connectivity index (χ0v) is 17.2. The van der Waals surface area contributed by atoms with Gasteiger partial charge in [-0.3, -0.25) is 4.90 Å². The summed E-state index contributed by atoms with van der Waals surface area (Å²) in [5.41, 5.74) is 0.945. The van der Waals surface area contributed by atoms with Gasteiger partial charge in [-0.05, 0) is 36.5 Å². The number of piperidine rings is 1. The average molecular weight is 416 g/mol. The van der Waals surface area contributed by atoms with Crippen molar-refractivity contribution in [2.24, 2.45) is 5.92 Å². The van der Waals surface area contributed by atoms with Crippen molar-refractivity contribution < 1.29 is 14.2 Å². The molecule has 2 N–H and O–H groups in total. The first-order valence-corrected chi connectivity index (χ1v) is 10.7. The zero-order valence-electron chi connectivity index (χ0n) is 17.2. The fraction of sp³-hybridized carbons (Fsp3) is 0.545. The van der Waals surface area contributed by atoms with Crippen molar-refractivity contribution in [2.45, 2.75) is 18.9 Å². The highest BCUT2D eigenvalue weighted by Crippen LogP contribution is 2.25. The van der Waals surface area contributed by atoms with Crippen molar-refractivity contribution in [1.29, 1.82) is 0 Å². The molecular formula is C22H30FN5O2. The lowest BCUT2D eigenvalue weighted by Gasteiger charge is -2.35. The van der Waals surface area contributed by atoms with Gasteiger partial charge < -0.3 is 20.1 Å². The van der Waals surface area contributed by atoms with Gasteiger partial charge in [0.15, 0.2) is 0 Å². The standard InChI is InChI=1S/C22H30FN5O2/c23-19-5-1-4-18(11-19)20(27-7-9-30-10-8-27)13-24-21-12-22(26-16-25-21)28-6-2-3-17(14-28)15-29/h1,4-5,11-12,16-17,20,29H,2-3,6-10,13-15H2,(H,24,25,26). The molecule has 1 aromatic carbocycles. The van der Waals surface area contributed by atoms with E-state index >= 15 is 0 Å². The number of ether oxygens (including phenoxy) is 1. The number of benzene rings is 1. The van der Waals surface area contributed by atoms with E-state index in [4.69, 9.17) is 4.74 Å². The maximum Gasteiger partial charge on any atom is 0.134 e. The molecule has 2 aliphatic rings. The number of hydrogen-bond acceptors (Lipinski definition) is 7. The molecule has 0 bridgehead atoms. The van der Waals surface area contributed by atoms with Gasteiger partial charge in [-0.25, -0.2) is 14.4 Å². The molecule has 7 nitrogen and oxygen atoms in total. The first-order chi connectivity index (χ1) is 14.7. The third-order valence-corrected chi connectivity index (χ3v) is 5.95. The molecule has 2 unspecified atom stereocenters. The van der Waals surface area contributed by atoms with Crippen molar-refractivity contribution in [3.63, 3.8) is 0 Å². The van der Waals surface area contributed by atoms with Crippen LogP contribution in [0.3, 0.4) is 0 Å². The van der Waals surface area contributed by atoms with Gasteiger partial charge in [0.05, 0.1) is 19.3 Å². The lowest BCUT2D eigenvalue weighted by molar-refractivity contribution is 0.0186. The highest BCUT2D eigenvalue weighted by Gasteiger charge is 2.24. The number of hydrogen-bond donors (Lipinski definition) is 2. The molecule has 162 valence electrons. The number of nitrogens with one attached hydrogen (secondary N) is 1. The van der Waals surface area contributed by atoms with E-state index in [0.29, 0.717) is 25.7 Å². The summed E-state index contributed by atoms with van der Waals surface area (Å²) in [7, 11) is 0. The summed E-state index contributed by atoms with van der Waals surface area (Å²) in [5.74, 6) is 1.70. The third-order valence-electron chi connectivity index (χ3n) is 5.95. The molecule has 3 heterocycles. The summed E-state index contributed by atoms with van der Waals surface area (Å²) in [4.78, 5) is 13.4. The van der Waals surface area contributed by atoms with E-state index in [1.165, 1.54) is 6.07 Å². The average Bonchev–Trinajstić information content (AvgIpc) is 2.80. The third kappa shape index (κ3) is 5.24. The topological polar surface area (TPSA) is 73.8 Å². The second-order valence-corrected chi connectivity index (χ2v) is 8.00. The minimum absolute atomic E-state index is 0.0248. The highest BCUT2D eigenvalue weighted by molar-refractivity contribution is 5.49. The second kappa shape index (κ2) is 10.1. The van der Waals surface area contributed by atoms with E-state index in [2.05, 4.69) is 25.1 Å². The Bertz CT molecular complexity index is 818.